The Labute approximate surface area is 184 Å². The molecular weight excluding hydrogens is 441 g/mol. The van der Waals surface area contributed by atoms with Gasteiger partial charge < -0.3 is 14.4 Å². The number of halogens is 1. The number of hydrogen-bond acceptors (Lipinski definition) is 7. The first-order valence-electron chi connectivity index (χ1n) is 9.61. The Bertz CT molecular complexity index is 1170. The van der Waals surface area contributed by atoms with Crippen LogP contribution in [0.15, 0.2) is 52.7 Å². The summed E-state index contributed by atoms with van der Waals surface area (Å²) in [6, 6.07) is 10.7. The van der Waals surface area contributed by atoms with E-state index in [2.05, 4.69) is 4.90 Å². The average molecular weight is 464 g/mol. The number of benzene rings is 2. The predicted octanol–water partition coefficient (Wildman–Crippen LogP) is 3.48. The molecule has 164 valence electrons. The number of ether oxygens (including phenoxy) is 2. The fraction of sp³-hybridized carbons (Fsp3) is 0.286. The molecule has 0 radical (unpaired) electrons. The van der Waals surface area contributed by atoms with Gasteiger partial charge in [0, 0.05) is 37.1 Å². The van der Waals surface area contributed by atoms with Gasteiger partial charge in [0.05, 0.1) is 24.8 Å². The average Bonchev–Trinajstić information content (AvgIpc) is 3.29. The normalized spacial score (nSPS) is 15.1. The lowest BCUT2D eigenvalue weighted by molar-refractivity contribution is 0.355. The Kier molecular flexibility index (Phi) is 6.12. The number of anilines is 1. The Morgan fingerprint density at radius 1 is 1.00 bits per heavy atom. The molecule has 31 heavy (non-hydrogen) atoms. The van der Waals surface area contributed by atoms with E-state index >= 15 is 0 Å². The van der Waals surface area contributed by atoms with Crippen LogP contribution in [0.1, 0.15) is 0 Å². The van der Waals surface area contributed by atoms with Gasteiger partial charge in [-0.25, -0.2) is 17.8 Å². The summed E-state index contributed by atoms with van der Waals surface area (Å²) in [5.41, 5.74) is 1.73. The van der Waals surface area contributed by atoms with E-state index in [9.17, 15) is 12.8 Å². The molecule has 0 aliphatic carbocycles. The van der Waals surface area contributed by atoms with Crippen molar-refractivity contribution in [2.75, 3.05) is 45.3 Å². The summed E-state index contributed by atoms with van der Waals surface area (Å²) < 4.78 is 51.1. The van der Waals surface area contributed by atoms with Gasteiger partial charge in [-0.05, 0) is 36.4 Å². The van der Waals surface area contributed by atoms with Crippen LogP contribution in [0.25, 0.3) is 11.3 Å². The molecule has 10 heteroatoms. The molecule has 1 saturated heterocycles. The van der Waals surface area contributed by atoms with Gasteiger partial charge in [0.1, 0.15) is 5.82 Å². The maximum absolute atomic E-state index is 13.5. The first-order chi connectivity index (χ1) is 14.9. The molecule has 0 atom stereocenters. The molecule has 0 bridgehead atoms. The molecule has 0 spiro atoms. The minimum Gasteiger partial charge on any atom is -0.493 e. The van der Waals surface area contributed by atoms with Crippen molar-refractivity contribution in [3.63, 3.8) is 0 Å². The first kappa shape index (κ1) is 21.5. The Morgan fingerprint density at radius 2 is 1.74 bits per heavy atom. The fourth-order valence-electron chi connectivity index (χ4n) is 3.43. The largest absolute Gasteiger partial charge is 0.493 e. The van der Waals surface area contributed by atoms with Crippen molar-refractivity contribution in [2.24, 2.45) is 0 Å². The topological polar surface area (TPSA) is 72.0 Å². The highest BCUT2D eigenvalue weighted by atomic mass is 32.2. The zero-order valence-corrected chi connectivity index (χ0v) is 18.7. The summed E-state index contributed by atoms with van der Waals surface area (Å²) >= 11 is 1.51. The summed E-state index contributed by atoms with van der Waals surface area (Å²) in [4.78, 5) is 6.76. The molecular formula is C21H22FN3O4S2. The van der Waals surface area contributed by atoms with Crippen molar-refractivity contribution in [2.45, 2.75) is 4.90 Å². The Balaban J connectivity index is 1.46. The lowest BCUT2D eigenvalue weighted by Crippen LogP contribution is -2.48. The van der Waals surface area contributed by atoms with Crippen LogP contribution in [0.2, 0.25) is 0 Å². The third-order valence-corrected chi connectivity index (χ3v) is 7.91. The highest BCUT2D eigenvalue weighted by Crippen LogP contribution is 2.34. The number of thiazole rings is 1. The molecule has 4 rings (SSSR count). The lowest BCUT2D eigenvalue weighted by atomic mass is 10.1. The minimum absolute atomic E-state index is 0.0223. The molecule has 1 aromatic heterocycles. The van der Waals surface area contributed by atoms with Crippen molar-refractivity contribution in [1.82, 2.24) is 9.29 Å². The molecule has 1 fully saturated rings. The second kappa shape index (κ2) is 8.81. The highest BCUT2D eigenvalue weighted by Gasteiger charge is 2.29. The molecule has 0 amide bonds. The van der Waals surface area contributed by atoms with Crippen LogP contribution in [-0.4, -0.2) is 58.1 Å². The van der Waals surface area contributed by atoms with Gasteiger partial charge in [0.15, 0.2) is 16.6 Å². The second-order valence-electron chi connectivity index (χ2n) is 6.93. The number of aromatic nitrogens is 1. The van der Waals surface area contributed by atoms with Gasteiger partial charge in [-0.15, -0.1) is 11.3 Å². The van der Waals surface area contributed by atoms with Crippen LogP contribution in [0, 0.1) is 5.82 Å². The maximum Gasteiger partial charge on any atom is 0.243 e. The van der Waals surface area contributed by atoms with Crippen molar-refractivity contribution in [3.8, 4) is 22.8 Å². The molecule has 0 saturated carbocycles. The summed E-state index contributed by atoms with van der Waals surface area (Å²) in [5.74, 6) is 0.716. The molecule has 3 aromatic rings. The third-order valence-electron chi connectivity index (χ3n) is 5.11. The van der Waals surface area contributed by atoms with E-state index in [1.807, 2.05) is 23.6 Å². The Morgan fingerprint density at radius 3 is 2.42 bits per heavy atom. The second-order valence-corrected chi connectivity index (χ2v) is 9.71. The summed E-state index contributed by atoms with van der Waals surface area (Å²) in [6.45, 7) is 1.63. The molecule has 1 aliphatic heterocycles. The number of rotatable bonds is 6. The number of sulfonamides is 1. The Hall–Kier alpha value is -2.69. The van der Waals surface area contributed by atoms with Crippen LogP contribution >= 0.6 is 11.3 Å². The first-order valence-corrected chi connectivity index (χ1v) is 11.9. The number of nitrogens with zero attached hydrogens (tertiary/aromatic N) is 3. The molecule has 0 unspecified atom stereocenters. The van der Waals surface area contributed by atoms with E-state index in [0.29, 0.717) is 37.7 Å². The predicted molar refractivity (Wildman–Crippen MR) is 118 cm³/mol. The van der Waals surface area contributed by atoms with Gasteiger partial charge in [-0.2, -0.15) is 4.31 Å². The van der Waals surface area contributed by atoms with E-state index in [-0.39, 0.29) is 4.90 Å². The molecule has 1 aliphatic rings. The molecule has 0 N–H and O–H groups in total. The number of piperazine rings is 1. The van der Waals surface area contributed by atoms with E-state index in [4.69, 9.17) is 14.5 Å². The summed E-state index contributed by atoms with van der Waals surface area (Å²) in [6.07, 6.45) is 0. The zero-order valence-electron chi connectivity index (χ0n) is 17.1. The minimum atomic E-state index is -3.72. The molecule has 2 aromatic carbocycles. The monoisotopic (exact) mass is 463 g/mol. The molecule has 7 nitrogen and oxygen atoms in total. The SMILES string of the molecule is COc1ccc(-c2csc(N3CCN(S(=O)(=O)c4cccc(F)c4)CC3)n2)cc1OC. The fourth-order valence-corrected chi connectivity index (χ4v) is 5.78. The van der Waals surface area contributed by atoms with Crippen LogP contribution in [0.4, 0.5) is 9.52 Å². The summed E-state index contributed by atoms with van der Waals surface area (Å²) in [5, 5.41) is 2.79. The van der Waals surface area contributed by atoms with Crippen LogP contribution in [0.3, 0.4) is 0 Å². The van der Waals surface area contributed by atoms with E-state index in [1.165, 1.54) is 33.8 Å². The van der Waals surface area contributed by atoms with Gasteiger partial charge >= 0.3 is 0 Å². The van der Waals surface area contributed by atoms with Gasteiger partial charge in [-0.3, -0.25) is 0 Å². The van der Waals surface area contributed by atoms with Crippen molar-refractivity contribution in [1.29, 1.82) is 0 Å². The van der Waals surface area contributed by atoms with E-state index in [1.54, 1.807) is 14.2 Å². The standard InChI is InChI=1S/C21H22FN3O4S2/c1-28-19-7-6-15(12-20(19)29-2)18-14-30-21(23-18)24-8-10-25(11-9-24)31(26,27)17-5-3-4-16(22)13-17/h3-7,12-14H,8-11H2,1-2H3. The van der Waals surface area contributed by atoms with Crippen molar-refractivity contribution in [3.05, 3.63) is 53.7 Å². The van der Waals surface area contributed by atoms with Crippen molar-refractivity contribution >= 4 is 26.5 Å². The van der Waals surface area contributed by atoms with Crippen LogP contribution in [0.5, 0.6) is 11.5 Å². The zero-order chi connectivity index (χ0) is 22.0. The van der Waals surface area contributed by atoms with Crippen LogP contribution < -0.4 is 14.4 Å². The smallest absolute Gasteiger partial charge is 0.243 e. The number of hydrogen-bond donors (Lipinski definition) is 0. The molecule has 2 heterocycles. The van der Waals surface area contributed by atoms with E-state index in [0.717, 1.165) is 22.5 Å². The maximum atomic E-state index is 13.5. The van der Waals surface area contributed by atoms with E-state index < -0.39 is 15.8 Å². The highest BCUT2D eigenvalue weighted by molar-refractivity contribution is 7.89. The van der Waals surface area contributed by atoms with Crippen LogP contribution in [-0.2, 0) is 10.0 Å². The summed E-state index contributed by atoms with van der Waals surface area (Å²) in [7, 11) is -0.540. The third kappa shape index (κ3) is 4.36. The number of methoxy groups -OCH3 is 2. The van der Waals surface area contributed by atoms with Gasteiger partial charge in [0.25, 0.3) is 0 Å². The van der Waals surface area contributed by atoms with Crippen molar-refractivity contribution < 1.29 is 22.3 Å². The van der Waals surface area contributed by atoms with Gasteiger partial charge in [-0.1, -0.05) is 6.07 Å². The van der Waals surface area contributed by atoms with Gasteiger partial charge in [0.2, 0.25) is 10.0 Å². The lowest BCUT2D eigenvalue weighted by Gasteiger charge is -2.33. The quantitative estimate of drug-likeness (QED) is 0.557.